The van der Waals surface area contributed by atoms with Gasteiger partial charge in [0.1, 0.15) is 0 Å². The van der Waals surface area contributed by atoms with Crippen LogP contribution < -0.4 is 15.5 Å². The first-order chi connectivity index (χ1) is 16.8. The minimum atomic E-state index is -4.51. The van der Waals surface area contributed by atoms with E-state index in [1.807, 2.05) is 6.07 Å². The van der Waals surface area contributed by atoms with Crippen molar-refractivity contribution in [2.24, 2.45) is 5.92 Å². The second kappa shape index (κ2) is 9.53. The third-order valence-electron chi connectivity index (χ3n) is 7.02. The fraction of sp³-hybridized carbons (Fsp3) is 0.462. The Kier molecular flexibility index (Phi) is 6.44. The van der Waals surface area contributed by atoms with Crippen LogP contribution in [-0.4, -0.2) is 49.4 Å². The molecule has 0 aromatic heterocycles. The first-order valence-electron chi connectivity index (χ1n) is 12.2. The quantitative estimate of drug-likeness (QED) is 0.656. The first-order valence-corrected chi connectivity index (χ1v) is 12.2. The Morgan fingerprint density at radius 3 is 2.46 bits per heavy atom. The average Bonchev–Trinajstić information content (AvgIpc) is 3.57. The summed E-state index contributed by atoms with van der Waals surface area (Å²) in [5.41, 5.74) is 1.19. The molecule has 1 atom stereocenters. The molecule has 3 fully saturated rings. The largest absolute Gasteiger partial charge is 0.416 e. The number of hydrogen-bond donors (Lipinski definition) is 2. The summed E-state index contributed by atoms with van der Waals surface area (Å²) in [5, 5.41) is 6.09. The zero-order chi connectivity index (χ0) is 24.6. The highest BCUT2D eigenvalue weighted by Gasteiger charge is 2.39. The van der Waals surface area contributed by atoms with Crippen LogP contribution in [0.25, 0.3) is 0 Å². The molecule has 9 heteroatoms. The van der Waals surface area contributed by atoms with Crippen molar-refractivity contribution in [2.75, 3.05) is 42.9 Å². The molecule has 0 bridgehead atoms. The van der Waals surface area contributed by atoms with Gasteiger partial charge in [-0.25, -0.2) is 0 Å². The van der Waals surface area contributed by atoms with E-state index in [4.69, 9.17) is 0 Å². The van der Waals surface area contributed by atoms with E-state index in [2.05, 4.69) is 15.5 Å². The van der Waals surface area contributed by atoms with Crippen molar-refractivity contribution in [3.8, 4) is 0 Å². The minimum Gasteiger partial charge on any atom is -0.371 e. The van der Waals surface area contributed by atoms with Gasteiger partial charge in [0.15, 0.2) is 0 Å². The van der Waals surface area contributed by atoms with E-state index in [1.165, 1.54) is 12.1 Å². The number of carbonyl (C=O) groups is 2. The van der Waals surface area contributed by atoms with Gasteiger partial charge in [0.05, 0.1) is 22.9 Å². The Labute approximate surface area is 202 Å². The Hall–Kier alpha value is -3.07. The van der Waals surface area contributed by atoms with E-state index in [9.17, 15) is 22.8 Å². The van der Waals surface area contributed by atoms with Crippen LogP contribution in [-0.2, 0) is 11.0 Å². The number of nitrogens with zero attached hydrogens (tertiary/aromatic N) is 2. The molecule has 35 heavy (non-hydrogen) atoms. The maximum atomic E-state index is 13.9. The zero-order valence-electron chi connectivity index (χ0n) is 19.4. The van der Waals surface area contributed by atoms with Crippen LogP contribution in [0.1, 0.15) is 53.2 Å². The van der Waals surface area contributed by atoms with Crippen molar-refractivity contribution in [3.05, 3.63) is 59.2 Å². The van der Waals surface area contributed by atoms with Crippen LogP contribution in [0.5, 0.6) is 0 Å². The van der Waals surface area contributed by atoms with Crippen molar-refractivity contribution in [1.82, 2.24) is 10.2 Å². The van der Waals surface area contributed by atoms with E-state index < -0.39 is 17.8 Å². The number of carbonyl (C=O) groups excluding carboxylic acids is 2. The second-order valence-electron chi connectivity index (χ2n) is 9.49. The van der Waals surface area contributed by atoms with Gasteiger partial charge in [-0.2, -0.15) is 13.2 Å². The smallest absolute Gasteiger partial charge is 0.371 e. The van der Waals surface area contributed by atoms with Crippen molar-refractivity contribution in [2.45, 2.75) is 37.9 Å². The molecule has 186 valence electrons. The van der Waals surface area contributed by atoms with Crippen LogP contribution in [0.4, 0.5) is 24.5 Å². The molecule has 6 nitrogen and oxygen atoms in total. The fourth-order valence-electron chi connectivity index (χ4n) is 5.03. The number of hydrogen-bond acceptors (Lipinski definition) is 4. The molecular weight excluding hydrogens is 457 g/mol. The molecule has 2 N–H and O–H groups in total. The lowest BCUT2D eigenvalue weighted by Gasteiger charge is -2.38. The molecule has 1 saturated carbocycles. The lowest BCUT2D eigenvalue weighted by atomic mass is 9.96. The third-order valence-corrected chi connectivity index (χ3v) is 7.02. The molecule has 0 spiro atoms. The standard InChI is InChI=1S/C26H29F3N4O2/c27-26(28,29)21-6-2-1-5-19(21)23-16-30-11-14-33(23)25(35)20-10-9-18(31-24(34)17-7-8-17)15-22(20)32-12-3-4-13-32/h1-2,5-6,9-10,15,17,23,30H,3-4,7-8,11-14,16H2,(H,31,34)/t23-/m1/s1. The number of amides is 2. The molecule has 2 aromatic carbocycles. The van der Waals surface area contributed by atoms with Crippen molar-refractivity contribution < 1.29 is 22.8 Å². The van der Waals surface area contributed by atoms with Crippen molar-refractivity contribution >= 4 is 23.2 Å². The summed E-state index contributed by atoms with van der Waals surface area (Å²) in [7, 11) is 0. The lowest BCUT2D eigenvalue weighted by molar-refractivity contribution is -0.138. The third kappa shape index (κ3) is 5.00. The number of piperazine rings is 1. The maximum absolute atomic E-state index is 13.9. The van der Waals surface area contributed by atoms with Gasteiger partial charge < -0.3 is 20.4 Å². The predicted molar refractivity (Wildman–Crippen MR) is 127 cm³/mol. The molecule has 2 amide bonds. The van der Waals surface area contributed by atoms with Gasteiger partial charge in [-0.15, -0.1) is 0 Å². The predicted octanol–water partition coefficient (Wildman–Crippen LogP) is 4.44. The highest BCUT2D eigenvalue weighted by molar-refractivity contribution is 6.02. The molecule has 0 unspecified atom stereocenters. The minimum absolute atomic E-state index is 0.0117. The van der Waals surface area contributed by atoms with Gasteiger partial charge in [0.25, 0.3) is 5.91 Å². The summed E-state index contributed by atoms with van der Waals surface area (Å²) in [5.74, 6) is -0.250. The van der Waals surface area contributed by atoms with Gasteiger partial charge in [0.2, 0.25) is 5.91 Å². The van der Waals surface area contributed by atoms with Crippen molar-refractivity contribution in [1.29, 1.82) is 0 Å². The molecule has 2 aliphatic heterocycles. The Bertz CT molecular complexity index is 1110. The lowest BCUT2D eigenvalue weighted by Crippen LogP contribution is -2.49. The Morgan fingerprint density at radius 1 is 1.00 bits per heavy atom. The molecule has 2 heterocycles. The molecule has 0 radical (unpaired) electrons. The summed E-state index contributed by atoms with van der Waals surface area (Å²) in [6, 6.07) is 9.98. The van der Waals surface area contributed by atoms with E-state index in [0.29, 0.717) is 24.3 Å². The van der Waals surface area contributed by atoms with E-state index in [0.717, 1.165) is 50.5 Å². The van der Waals surface area contributed by atoms with Gasteiger partial charge in [-0.05, 0) is 55.5 Å². The summed E-state index contributed by atoms with van der Waals surface area (Å²) in [6.45, 7) is 2.64. The monoisotopic (exact) mass is 486 g/mol. The van der Waals surface area contributed by atoms with Crippen LogP contribution in [0.3, 0.4) is 0 Å². The summed E-state index contributed by atoms with van der Waals surface area (Å²) in [4.78, 5) is 29.8. The van der Waals surface area contributed by atoms with E-state index >= 15 is 0 Å². The van der Waals surface area contributed by atoms with Gasteiger partial charge in [-0.1, -0.05) is 18.2 Å². The van der Waals surface area contributed by atoms with Gasteiger partial charge in [-0.3, -0.25) is 9.59 Å². The van der Waals surface area contributed by atoms with Crippen LogP contribution in [0, 0.1) is 5.92 Å². The highest BCUT2D eigenvalue weighted by Crippen LogP contribution is 2.38. The Morgan fingerprint density at radius 2 is 1.74 bits per heavy atom. The Balaban J connectivity index is 1.49. The first kappa shape index (κ1) is 23.7. The van der Waals surface area contributed by atoms with E-state index in [1.54, 1.807) is 23.1 Å². The number of anilines is 2. The topological polar surface area (TPSA) is 64.7 Å². The molecule has 5 rings (SSSR count). The molecule has 2 saturated heterocycles. The van der Waals surface area contributed by atoms with Crippen molar-refractivity contribution in [3.63, 3.8) is 0 Å². The fourth-order valence-corrected chi connectivity index (χ4v) is 5.03. The van der Waals surface area contributed by atoms with Crippen LogP contribution in [0.2, 0.25) is 0 Å². The summed E-state index contributed by atoms with van der Waals surface area (Å²) < 4.78 is 41.3. The maximum Gasteiger partial charge on any atom is 0.416 e. The van der Waals surface area contributed by atoms with Gasteiger partial charge >= 0.3 is 6.18 Å². The highest BCUT2D eigenvalue weighted by atomic mass is 19.4. The molecular formula is C26H29F3N4O2. The zero-order valence-corrected chi connectivity index (χ0v) is 19.4. The average molecular weight is 487 g/mol. The molecule has 3 aliphatic rings. The number of halogens is 3. The summed E-state index contributed by atoms with van der Waals surface area (Å²) in [6.07, 6.45) is -0.718. The number of benzene rings is 2. The number of nitrogens with one attached hydrogen (secondary N) is 2. The van der Waals surface area contributed by atoms with Gasteiger partial charge in [0, 0.05) is 44.3 Å². The molecule has 2 aromatic rings. The number of rotatable bonds is 5. The summed E-state index contributed by atoms with van der Waals surface area (Å²) >= 11 is 0. The van der Waals surface area contributed by atoms with E-state index in [-0.39, 0.29) is 29.8 Å². The normalized spacial score (nSPS) is 20.7. The number of alkyl halides is 3. The second-order valence-corrected chi connectivity index (χ2v) is 9.49. The SMILES string of the molecule is O=C(Nc1ccc(C(=O)N2CCNC[C@@H]2c2ccccc2C(F)(F)F)c(N2CCCC2)c1)C1CC1. The van der Waals surface area contributed by atoms with Crippen LogP contribution >= 0.6 is 0 Å². The molecule has 1 aliphatic carbocycles. The van der Waals surface area contributed by atoms with Crippen LogP contribution in [0.15, 0.2) is 42.5 Å².